The first-order chi connectivity index (χ1) is 9.76. The van der Waals surface area contributed by atoms with Crippen LogP contribution in [0.4, 0.5) is 0 Å². The lowest BCUT2D eigenvalue weighted by atomic mass is 10.1. The van der Waals surface area contributed by atoms with Gasteiger partial charge in [-0.1, -0.05) is 0 Å². The van der Waals surface area contributed by atoms with Gasteiger partial charge in [0.2, 0.25) is 5.88 Å². The molecule has 3 heterocycles. The summed E-state index contributed by atoms with van der Waals surface area (Å²) in [7, 11) is 1.61. The molecule has 1 unspecified atom stereocenters. The molecule has 2 aromatic heterocycles. The van der Waals surface area contributed by atoms with E-state index in [-0.39, 0.29) is 5.38 Å². The van der Waals surface area contributed by atoms with E-state index in [1.165, 1.54) is 33.8 Å². The molecule has 0 saturated heterocycles. The van der Waals surface area contributed by atoms with Crippen LogP contribution in [0.15, 0.2) is 18.5 Å². The summed E-state index contributed by atoms with van der Waals surface area (Å²) in [6.07, 6.45) is 3.40. The van der Waals surface area contributed by atoms with Crippen LogP contribution in [0, 0.1) is 0 Å². The van der Waals surface area contributed by atoms with E-state index in [1.54, 1.807) is 7.11 Å². The lowest BCUT2D eigenvalue weighted by molar-refractivity contribution is 0.396. The minimum Gasteiger partial charge on any atom is -0.481 e. The van der Waals surface area contributed by atoms with Gasteiger partial charge in [0, 0.05) is 33.7 Å². The van der Waals surface area contributed by atoms with Crippen molar-refractivity contribution in [1.29, 1.82) is 0 Å². The molecular weight excluding hydrogens is 312 g/mol. The van der Waals surface area contributed by atoms with Crippen molar-refractivity contribution in [3.05, 3.63) is 39.5 Å². The van der Waals surface area contributed by atoms with E-state index in [9.17, 15) is 0 Å². The number of alkyl halides is 1. The normalized spacial score (nSPS) is 15.7. The number of nitrogens with zero attached hydrogens (tertiary/aromatic N) is 2. The number of halogens is 1. The number of aryl methyl sites for hydroxylation is 1. The molecule has 1 atom stereocenters. The molecule has 20 heavy (non-hydrogen) atoms. The van der Waals surface area contributed by atoms with Gasteiger partial charge in [-0.15, -0.1) is 22.9 Å². The highest BCUT2D eigenvalue weighted by molar-refractivity contribution is 7.98. The Morgan fingerprint density at radius 3 is 3.10 bits per heavy atom. The molecule has 3 rings (SSSR count). The van der Waals surface area contributed by atoms with E-state index in [4.69, 9.17) is 16.3 Å². The summed E-state index contributed by atoms with van der Waals surface area (Å²) in [6, 6.07) is 4.11. The lowest BCUT2D eigenvalue weighted by Crippen LogP contribution is -1.98. The average Bonchev–Trinajstić information content (AvgIpc) is 2.91. The molecule has 0 saturated carbocycles. The molecule has 1 aliphatic heterocycles. The van der Waals surface area contributed by atoms with Gasteiger partial charge in [-0.3, -0.25) is 0 Å². The van der Waals surface area contributed by atoms with Crippen LogP contribution in [0.25, 0.3) is 0 Å². The Hall–Kier alpha value is -0.780. The van der Waals surface area contributed by atoms with E-state index in [0.29, 0.717) is 12.3 Å². The van der Waals surface area contributed by atoms with Crippen molar-refractivity contribution in [2.75, 3.05) is 12.9 Å². The fraction of sp³-hybridized carbons (Fsp3) is 0.429. The highest BCUT2D eigenvalue weighted by atomic mass is 35.5. The van der Waals surface area contributed by atoms with Gasteiger partial charge in [0.25, 0.3) is 0 Å². The van der Waals surface area contributed by atoms with Crippen LogP contribution in [0.3, 0.4) is 0 Å². The maximum atomic E-state index is 6.56. The summed E-state index contributed by atoms with van der Waals surface area (Å²) < 4.78 is 5.11. The Balaban J connectivity index is 1.75. The van der Waals surface area contributed by atoms with Crippen LogP contribution < -0.4 is 4.74 Å². The topological polar surface area (TPSA) is 35.0 Å². The Morgan fingerprint density at radius 1 is 1.40 bits per heavy atom. The molecule has 0 N–H and O–H groups in total. The van der Waals surface area contributed by atoms with E-state index in [0.717, 1.165) is 11.4 Å². The van der Waals surface area contributed by atoms with Gasteiger partial charge in [0.1, 0.15) is 6.33 Å². The van der Waals surface area contributed by atoms with E-state index in [2.05, 4.69) is 16.0 Å². The first kappa shape index (κ1) is 14.2. The molecule has 6 heteroatoms. The van der Waals surface area contributed by atoms with Crippen LogP contribution in [0.2, 0.25) is 0 Å². The molecule has 0 fully saturated rings. The number of ether oxygens (including phenoxy) is 1. The molecule has 3 nitrogen and oxygen atoms in total. The number of rotatable bonds is 4. The summed E-state index contributed by atoms with van der Waals surface area (Å²) in [6.45, 7) is 0. The van der Waals surface area contributed by atoms with Gasteiger partial charge in [-0.05, 0) is 23.8 Å². The predicted molar refractivity (Wildman–Crippen MR) is 85.1 cm³/mol. The number of fused-ring (bicyclic) bond motifs is 1. The second-order valence-electron chi connectivity index (χ2n) is 4.62. The van der Waals surface area contributed by atoms with Gasteiger partial charge in [-0.25, -0.2) is 9.97 Å². The molecule has 0 spiro atoms. The maximum absolute atomic E-state index is 6.56. The molecule has 1 aliphatic rings. The van der Waals surface area contributed by atoms with Gasteiger partial charge in [0.05, 0.1) is 12.5 Å². The fourth-order valence-electron chi connectivity index (χ4n) is 2.21. The standard InChI is InChI=1S/C14H15ClN2OS2/c1-18-14-6-10(16-8-17-14)5-11(15)13-4-9-7-19-3-2-12(9)20-13/h4,6,8,11H,2-3,5,7H2,1H3. The summed E-state index contributed by atoms with van der Waals surface area (Å²) in [4.78, 5) is 11.0. The van der Waals surface area contributed by atoms with E-state index >= 15 is 0 Å². The number of methoxy groups -OCH3 is 1. The van der Waals surface area contributed by atoms with Crippen LogP contribution in [0.1, 0.15) is 26.4 Å². The summed E-state index contributed by atoms with van der Waals surface area (Å²) in [5.74, 6) is 2.93. The van der Waals surface area contributed by atoms with Crippen molar-refractivity contribution in [2.45, 2.75) is 24.0 Å². The lowest BCUT2D eigenvalue weighted by Gasteiger charge is -2.08. The zero-order valence-corrected chi connectivity index (χ0v) is 13.5. The van der Waals surface area contributed by atoms with E-state index < -0.39 is 0 Å². The Labute approximate surface area is 131 Å². The molecule has 106 valence electrons. The average molecular weight is 327 g/mol. The highest BCUT2D eigenvalue weighted by Gasteiger charge is 2.18. The number of thiophene rings is 1. The van der Waals surface area contributed by atoms with E-state index in [1.807, 2.05) is 29.2 Å². The van der Waals surface area contributed by atoms with Crippen molar-refractivity contribution in [2.24, 2.45) is 0 Å². The second-order valence-corrected chi connectivity index (χ2v) is 7.42. The smallest absolute Gasteiger partial charge is 0.216 e. The van der Waals surface area contributed by atoms with Crippen molar-refractivity contribution in [1.82, 2.24) is 9.97 Å². The van der Waals surface area contributed by atoms with Crippen molar-refractivity contribution >= 4 is 34.7 Å². The molecule has 0 bridgehead atoms. The zero-order chi connectivity index (χ0) is 13.9. The highest BCUT2D eigenvalue weighted by Crippen LogP contribution is 2.37. The van der Waals surface area contributed by atoms with Crippen LogP contribution in [0.5, 0.6) is 5.88 Å². The zero-order valence-electron chi connectivity index (χ0n) is 11.1. The van der Waals surface area contributed by atoms with Gasteiger partial charge in [-0.2, -0.15) is 11.8 Å². The van der Waals surface area contributed by atoms with Crippen molar-refractivity contribution in [3.8, 4) is 5.88 Å². The summed E-state index contributed by atoms with van der Waals surface area (Å²) >= 11 is 10.4. The monoisotopic (exact) mass is 326 g/mol. The maximum Gasteiger partial charge on any atom is 0.216 e. The number of hydrogen-bond donors (Lipinski definition) is 0. The number of thioether (sulfide) groups is 1. The van der Waals surface area contributed by atoms with Crippen LogP contribution in [-0.2, 0) is 18.6 Å². The SMILES string of the molecule is COc1cc(CC(Cl)c2cc3c(s2)CCSC3)ncn1. The Kier molecular flexibility index (Phi) is 4.48. The Bertz CT molecular complexity index is 579. The first-order valence-corrected chi connectivity index (χ1v) is 8.85. The molecule has 0 aliphatic carbocycles. The second kappa shape index (κ2) is 6.33. The third-order valence-electron chi connectivity index (χ3n) is 3.25. The number of hydrogen-bond acceptors (Lipinski definition) is 5. The molecule has 0 aromatic carbocycles. The quantitative estimate of drug-likeness (QED) is 0.799. The van der Waals surface area contributed by atoms with Crippen molar-refractivity contribution < 1.29 is 4.74 Å². The third kappa shape index (κ3) is 3.10. The van der Waals surface area contributed by atoms with Crippen molar-refractivity contribution in [3.63, 3.8) is 0 Å². The summed E-state index contributed by atoms with van der Waals surface area (Å²) in [5.41, 5.74) is 2.38. The summed E-state index contributed by atoms with van der Waals surface area (Å²) in [5, 5.41) is -0.0322. The van der Waals surface area contributed by atoms with Gasteiger partial charge < -0.3 is 4.74 Å². The molecular formula is C14H15ClN2OS2. The predicted octanol–water partition coefficient (Wildman–Crippen LogP) is 3.86. The fourth-order valence-corrected chi connectivity index (χ4v) is 4.92. The van der Waals surface area contributed by atoms with Crippen LogP contribution >= 0.6 is 34.7 Å². The molecule has 0 amide bonds. The van der Waals surface area contributed by atoms with Gasteiger partial charge in [0.15, 0.2) is 0 Å². The largest absolute Gasteiger partial charge is 0.481 e. The third-order valence-corrected chi connectivity index (χ3v) is 6.13. The Morgan fingerprint density at radius 2 is 2.30 bits per heavy atom. The first-order valence-electron chi connectivity index (χ1n) is 6.44. The van der Waals surface area contributed by atoms with Crippen LogP contribution in [-0.4, -0.2) is 22.8 Å². The minimum absolute atomic E-state index is 0.0322. The van der Waals surface area contributed by atoms with Gasteiger partial charge >= 0.3 is 0 Å². The minimum atomic E-state index is -0.0322. The molecule has 2 aromatic rings. The number of aromatic nitrogens is 2. The molecule has 0 radical (unpaired) electrons.